The van der Waals surface area contributed by atoms with E-state index in [0.29, 0.717) is 0 Å². The van der Waals surface area contributed by atoms with Gasteiger partial charge in [0.2, 0.25) is 0 Å². The summed E-state index contributed by atoms with van der Waals surface area (Å²) >= 11 is 5.56. The van der Waals surface area contributed by atoms with Crippen molar-refractivity contribution in [3.8, 4) is 5.69 Å². The van der Waals surface area contributed by atoms with Crippen molar-refractivity contribution >= 4 is 17.4 Å². The van der Waals surface area contributed by atoms with E-state index in [-0.39, 0.29) is 22.2 Å². The van der Waals surface area contributed by atoms with Gasteiger partial charge in [0, 0.05) is 13.1 Å². The van der Waals surface area contributed by atoms with Crippen LogP contribution in [0.4, 0.5) is 8.78 Å². The van der Waals surface area contributed by atoms with Gasteiger partial charge in [-0.3, -0.25) is 4.79 Å². The van der Waals surface area contributed by atoms with Crippen LogP contribution in [0, 0.1) is 11.6 Å². The second kappa shape index (κ2) is 4.25. The molecule has 1 heterocycles. The molecule has 2 aromatic rings. The third-order valence-corrected chi connectivity index (χ3v) is 2.51. The van der Waals surface area contributed by atoms with Crippen molar-refractivity contribution in [1.29, 1.82) is 0 Å². The van der Waals surface area contributed by atoms with E-state index in [0.717, 1.165) is 23.0 Å². The lowest BCUT2D eigenvalue weighted by Crippen LogP contribution is -2.00. The van der Waals surface area contributed by atoms with E-state index in [4.69, 9.17) is 11.6 Å². The first kappa shape index (κ1) is 11.7. The van der Waals surface area contributed by atoms with Crippen molar-refractivity contribution in [2.75, 3.05) is 0 Å². The normalized spacial score (nSPS) is 10.6. The van der Waals surface area contributed by atoms with Crippen molar-refractivity contribution in [3.05, 3.63) is 47.0 Å². The number of rotatable bonds is 2. The standard InChI is InChI=1S/C11H7ClF2N2O/c1-6(17)9-4-16(5-15-9)11-8(13)3-2-7(12)10(11)14/h2-5H,1H3. The predicted octanol–water partition coefficient (Wildman–Crippen LogP) is 3.01. The van der Waals surface area contributed by atoms with Crippen molar-refractivity contribution in [2.24, 2.45) is 0 Å². The van der Waals surface area contributed by atoms with Gasteiger partial charge in [-0.05, 0) is 12.1 Å². The van der Waals surface area contributed by atoms with Crippen LogP contribution < -0.4 is 0 Å². The van der Waals surface area contributed by atoms with Gasteiger partial charge in [0.1, 0.15) is 23.5 Å². The molecule has 1 aromatic carbocycles. The molecule has 0 aliphatic rings. The summed E-state index contributed by atoms with van der Waals surface area (Å²) in [6.07, 6.45) is 2.41. The molecular formula is C11H7ClF2N2O. The Balaban J connectivity index is 2.60. The van der Waals surface area contributed by atoms with Crippen LogP contribution in [0.15, 0.2) is 24.7 Å². The minimum absolute atomic E-state index is 0.128. The molecule has 0 N–H and O–H groups in total. The number of imidazole rings is 1. The van der Waals surface area contributed by atoms with Gasteiger partial charge in [-0.25, -0.2) is 13.8 Å². The van der Waals surface area contributed by atoms with Crippen LogP contribution in [0.25, 0.3) is 5.69 Å². The SMILES string of the molecule is CC(=O)c1cn(-c2c(F)ccc(Cl)c2F)cn1. The highest BCUT2D eigenvalue weighted by Crippen LogP contribution is 2.24. The molecule has 2 rings (SSSR count). The van der Waals surface area contributed by atoms with Crippen LogP contribution in [0.1, 0.15) is 17.4 Å². The van der Waals surface area contributed by atoms with E-state index in [1.165, 1.54) is 13.1 Å². The molecule has 0 aliphatic carbocycles. The molecule has 0 bridgehead atoms. The van der Waals surface area contributed by atoms with E-state index >= 15 is 0 Å². The minimum Gasteiger partial charge on any atom is -0.300 e. The third-order valence-electron chi connectivity index (χ3n) is 2.22. The first-order valence-electron chi connectivity index (χ1n) is 4.69. The highest BCUT2D eigenvalue weighted by Gasteiger charge is 2.15. The molecule has 0 amide bonds. The molecule has 88 valence electrons. The molecule has 0 aliphatic heterocycles. The van der Waals surface area contributed by atoms with Crippen LogP contribution in [0.2, 0.25) is 5.02 Å². The largest absolute Gasteiger partial charge is 0.300 e. The second-order valence-electron chi connectivity index (χ2n) is 3.41. The van der Waals surface area contributed by atoms with Crippen LogP contribution >= 0.6 is 11.6 Å². The number of aromatic nitrogens is 2. The Kier molecular flexibility index (Phi) is 2.93. The summed E-state index contributed by atoms with van der Waals surface area (Å²) in [4.78, 5) is 14.8. The lowest BCUT2D eigenvalue weighted by Gasteiger charge is -2.06. The first-order chi connectivity index (χ1) is 8.00. The van der Waals surface area contributed by atoms with Crippen LogP contribution in [0.3, 0.4) is 0 Å². The molecule has 0 radical (unpaired) electrons. The molecule has 3 nitrogen and oxygen atoms in total. The maximum absolute atomic E-state index is 13.7. The Morgan fingerprint density at radius 2 is 2.12 bits per heavy atom. The molecule has 0 atom stereocenters. The van der Waals surface area contributed by atoms with Gasteiger partial charge in [-0.15, -0.1) is 0 Å². The summed E-state index contributed by atoms with van der Waals surface area (Å²) in [5, 5.41) is -0.195. The molecular weight excluding hydrogens is 250 g/mol. The lowest BCUT2D eigenvalue weighted by atomic mass is 10.3. The Hall–Kier alpha value is -1.75. The highest BCUT2D eigenvalue weighted by molar-refractivity contribution is 6.30. The summed E-state index contributed by atoms with van der Waals surface area (Å²) in [5.74, 6) is -1.95. The smallest absolute Gasteiger partial charge is 0.179 e. The number of halogens is 3. The van der Waals surface area contributed by atoms with Gasteiger partial charge in [-0.2, -0.15) is 0 Å². The maximum Gasteiger partial charge on any atom is 0.179 e. The summed E-state index contributed by atoms with van der Waals surface area (Å²) in [6.45, 7) is 1.32. The van der Waals surface area contributed by atoms with E-state index < -0.39 is 11.6 Å². The number of hydrogen-bond acceptors (Lipinski definition) is 2. The Morgan fingerprint density at radius 3 is 2.71 bits per heavy atom. The Labute approximate surface area is 101 Å². The van der Waals surface area contributed by atoms with Crippen molar-refractivity contribution in [2.45, 2.75) is 6.92 Å². The van der Waals surface area contributed by atoms with Gasteiger partial charge in [0.15, 0.2) is 11.6 Å². The molecule has 0 spiro atoms. The number of Topliss-reactive ketones (excluding diaryl/α,β-unsaturated/α-hetero) is 1. The number of benzene rings is 1. The fourth-order valence-electron chi connectivity index (χ4n) is 1.38. The molecule has 0 saturated heterocycles. The fraction of sp³-hybridized carbons (Fsp3) is 0.0909. The Morgan fingerprint density at radius 1 is 1.41 bits per heavy atom. The minimum atomic E-state index is -0.890. The van der Waals surface area contributed by atoms with E-state index in [9.17, 15) is 13.6 Å². The summed E-state index contributed by atoms with van der Waals surface area (Å²) in [6, 6.07) is 2.17. The number of carbonyl (C=O) groups is 1. The van der Waals surface area contributed by atoms with Crippen molar-refractivity contribution in [1.82, 2.24) is 9.55 Å². The average Bonchev–Trinajstić information content (AvgIpc) is 2.73. The average molecular weight is 257 g/mol. The van der Waals surface area contributed by atoms with Gasteiger partial charge >= 0.3 is 0 Å². The third kappa shape index (κ3) is 2.06. The van der Waals surface area contributed by atoms with Gasteiger partial charge in [0.25, 0.3) is 0 Å². The number of carbonyl (C=O) groups excluding carboxylic acids is 1. The molecule has 0 fully saturated rings. The molecule has 0 unspecified atom stereocenters. The number of hydrogen-bond donors (Lipinski definition) is 0. The van der Waals surface area contributed by atoms with Crippen molar-refractivity contribution < 1.29 is 13.6 Å². The van der Waals surface area contributed by atoms with Gasteiger partial charge in [0.05, 0.1) is 5.02 Å². The van der Waals surface area contributed by atoms with Gasteiger partial charge in [-0.1, -0.05) is 11.6 Å². The topological polar surface area (TPSA) is 34.9 Å². The number of nitrogens with zero attached hydrogens (tertiary/aromatic N) is 2. The monoisotopic (exact) mass is 256 g/mol. The summed E-state index contributed by atoms with van der Waals surface area (Å²) < 4.78 is 28.2. The second-order valence-corrected chi connectivity index (χ2v) is 3.82. The molecule has 1 aromatic heterocycles. The van der Waals surface area contributed by atoms with E-state index in [1.54, 1.807) is 0 Å². The fourth-order valence-corrected chi connectivity index (χ4v) is 1.53. The zero-order chi connectivity index (χ0) is 12.6. The lowest BCUT2D eigenvalue weighted by molar-refractivity contribution is 0.101. The quantitative estimate of drug-likeness (QED) is 0.612. The van der Waals surface area contributed by atoms with Crippen LogP contribution in [0.5, 0.6) is 0 Å². The summed E-state index contributed by atoms with van der Waals surface area (Å²) in [7, 11) is 0. The summed E-state index contributed by atoms with van der Waals surface area (Å²) in [5.41, 5.74) is -0.221. The van der Waals surface area contributed by atoms with E-state index in [2.05, 4.69) is 4.98 Å². The van der Waals surface area contributed by atoms with Crippen LogP contribution in [-0.4, -0.2) is 15.3 Å². The maximum atomic E-state index is 13.7. The molecule has 6 heteroatoms. The Bertz CT molecular complexity index is 595. The van der Waals surface area contributed by atoms with Crippen LogP contribution in [-0.2, 0) is 0 Å². The molecule has 17 heavy (non-hydrogen) atoms. The highest BCUT2D eigenvalue weighted by atomic mass is 35.5. The number of ketones is 1. The van der Waals surface area contributed by atoms with Crippen molar-refractivity contribution in [3.63, 3.8) is 0 Å². The first-order valence-corrected chi connectivity index (χ1v) is 5.07. The zero-order valence-electron chi connectivity index (χ0n) is 8.75. The molecule has 0 saturated carbocycles. The van der Waals surface area contributed by atoms with Gasteiger partial charge < -0.3 is 4.57 Å². The zero-order valence-corrected chi connectivity index (χ0v) is 9.50. The van der Waals surface area contributed by atoms with E-state index in [1.807, 2.05) is 0 Å². The predicted molar refractivity (Wildman–Crippen MR) is 58.5 cm³/mol.